The van der Waals surface area contributed by atoms with Crippen LogP contribution in [0.4, 0.5) is 0 Å². The second-order valence-electron chi connectivity index (χ2n) is 5.74. The number of thiophene rings is 1. The fraction of sp³-hybridized carbons (Fsp3) is 0.714. The molecular formula is C14H24N2O2S3. The number of nitrogens with one attached hydrogen (secondary N) is 2. The van der Waals surface area contributed by atoms with E-state index in [0.29, 0.717) is 22.0 Å². The molecule has 4 nitrogen and oxygen atoms in total. The van der Waals surface area contributed by atoms with Crippen LogP contribution in [-0.4, -0.2) is 32.0 Å². The van der Waals surface area contributed by atoms with E-state index in [2.05, 4.69) is 30.1 Å². The summed E-state index contributed by atoms with van der Waals surface area (Å²) in [6.45, 7) is 4.86. The molecule has 0 saturated heterocycles. The molecular weight excluding hydrogens is 324 g/mol. The molecule has 21 heavy (non-hydrogen) atoms. The van der Waals surface area contributed by atoms with Gasteiger partial charge in [0.25, 0.3) is 0 Å². The highest BCUT2D eigenvalue weighted by molar-refractivity contribution is 7.99. The van der Waals surface area contributed by atoms with Gasteiger partial charge in [0.05, 0.1) is 0 Å². The molecule has 1 heterocycles. The Hall–Kier alpha value is -0.0800. The zero-order valence-electron chi connectivity index (χ0n) is 12.8. The van der Waals surface area contributed by atoms with Crippen LogP contribution in [0.25, 0.3) is 0 Å². The van der Waals surface area contributed by atoms with Gasteiger partial charge < -0.3 is 5.32 Å². The average molecular weight is 349 g/mol. The third-order valence-corrected chi connectivity index (χ3v) is 7.82. The summed E-state index contributed by atoms with van der Waals surface area (Å²) in [5, 5.41) is 5.63. The molecule has 2 N–H and O–H groups in total. The quantitative estimate of drug-likeness (QED) is 0.795. The summed E-state index contributed by atoms with van der Waals surface area (Å²) in [4.78, 5) is 0. The molecule has 0 amide bonds. The third-order valence-electron chi connectivity index (χ3n) is 3.67. The fourth-order valence-electron chi connectivity index (χ4n) is 2.51. The molecule has 1 fully saturated rings. The number of hydrogen-bond acceptors (Lipinski definition) is 5. The fourth-order valence-corrected chi connectivity index (χ4v) is 6.07. The van der Waals surface area contributed by atoms with Gasteiger partial charge in [-0.25, -0.2) is 13.1 Å². The first-order chi connectivity index (χ1) is 9.92. The smallest absolute Gasteiger partial charge is 0.250 e. The summed E-state index contributed by atoms with van der Waals surface area (Å²) in [6.07, 6.45) is 5.20. The van der Waals surface area contributed by atoms with Crippen LogP contribution < -0.4 is 10.0 Å². The van der Waals surface area contributed by atoms with Crippen LogP contribution in [0.2, 0.25) is 0 Å². The van der Waals surface area contributed by atoms with Gasteiger partial charge in [0, 0.05) is 23.9 Å². The topological polar surface area (TPSA) is 58.2 Å². The van der Waals surface area contributed by atoms with Crippen molar-refractivity contribution in [2.24, 2.45) is 0 Å². The largest absolute Gasteiger partial charge is 0.310 e. The van der Waals surface area contributed by atoms with E-state index in [1.807, 2.05) is 5.38 Å². The second kappa shape index (κ2) is 7.46. The SMILES string of the molecule is CSC1CCCC1NS(=O)(=O)c1cc(CNC(C)C)cs1. The van der Waals surface area contributed by atoms with Crippen molar-refractivity contribution in [1.82, 2.24) is 10.0 Å². The Bertz CT molecular complexity index is 554. The highest BCUT2D eigenvalue weighted by Crippen LogP contribution is 2.30. The minimum atomic E-state index is -3.38. The Kier molecular flexibility index (Phi) is 6.14. The number of hydrogen-bond donors (Lipinski definition) is 2. The maximum absolute atomic E-state index is 12.5. The number of sulfonamides is 1. The van der Waals surface area contributed by atoms with E-state index in [-0.39, 0.29) is 6.04 Å². The summed E-state index contributed by atoms with van der Waals surface area (Å²) < 4.78 is 28.3. The molecule has 1 aliphatic carbocycles. The number of thioether (sulfide) groups is 1. The van der Waals surface area contributed by atoms with Crippen molar-refractivity contribution in [3.8, 4) is 0 Å². The van der Waals surface area contributed by atoms with Gasteiger partial charge >= 0.3 is 0 Å². The standard InChI is InChI=1S/C14H24N2O2S3/c1-10(2)15-8-11-7-14(20-9-11)21(17,18)16-12-5-4-6-13(12)19-3/h7,9-10,12-13,15-16H,4-6,8H2,1-3H3. The van der Waals surface area contributed by atoms with E-state index in [1.54, 1.807) is 17.8 Å². The van der Waals surface area contributed by atoms with Crippen molar-refractivity contribution >= 4 is 33.1 Å². The van der Waals surface area contributed by atoms with Crippen molar-refractivity contribution in [2.45, 2.75) is 61.2 Å². The van der Waals surface area contributed by atoms with E-state index in [4.69, 9.17) is 0 Å². The van der Waals surface area contributed by atoms with Crippen LogP contribution in [0.5, 0.6) is 0 Å². The maximum atomic E-state index is 12.5. The second-order valence-corrected chi connectivity index (χ2v) is 9.67. The van der Waals surface area contributed by atoms with Crippen LogP contribution in [0.15, 0.2) is 15.7 Å². The third kappa shape index (κ3) is 4.69. The molecule has 0 aliphatic heterocycles. The zero-order chi connectivity index (χ0) is 15.5. The Morgan fingerprint density at radius 1 is 1.43 bits per heavy atom. The Balaban J connectivity index is 2.02. The number of rotatable bonds is 7. The summed E-state index contributed by atoms with van der Waals surface area (Å²) in [6, 6.07) is 2.25. The Labute approximate surface area is 136 Å². The predicted molar refractivity (Wildman–Crippen MR) is 91.6 cm³/mol. The highest BCUT2D eigenvalue weighted by atomic mass is 32.2. The summed E-state index contributed by atoms with van der Waals surface area (Å²) in [5.41, 5.74) is 1.03. The summed E-state index contributed by atoms with van der Waals surface area (Å²) >= 11 is 3.06. The van der Waals surface area contributed by atoms with Gasteiger partial charge in [-0.1, -0.05) is 20.3 Å². The van der Waals surface area contributed by atoms with Crippen LogP contribution in [0.3, 0.4) is 0 Å². The Morgan fingerprint density at radius 3 is 2.86 bits per heavy atom. The van der Waals surface area contributed by atoms with Crippen molar-refractivity contribution in [3.63, 3.8) is 0 Å². The van der Waals surface area contributed by atoms with Crippen molar-refractivity contribution < 1.29 is 8.42 Å². The van der Waals surface area contributed by atoms with Gasteiger partial charge in [-0.05, 0) is 36.1 Å². The van der Waals surface area contributed by atoms with Gasteiger partial charge in [-0.3, -0.25) is 0 Å². The lowest BCUT2D eigenvalue weighted by Crippen LogP contribution is -2.38. The first-order valence-electron chi connectivity index (χ1n) is 7.28. The molecule has 1 aliphatic rings. The molecule has 1 aromatic rings. The lowest BCUT2D eigenvalue weighted by Gasteiger charge is -2.18. The predicted octanol–water partition coefficient (Wildman–Crippen LogP) is 2.81. The monoisotopic (exact) mass is 348 g/mol. The molecule has 2 rings (SSSR count). The molecule has 2 atom stereocenters. The van der Waals surface area contributed by atoms with Crippen molar-refractivity contribution in [3.05, 3.63) is 17.0 Å². The van der Waals surface area contributed by atoms with E-state index in [9.17, 15) is 8.42 Å². The van der Waals surface area contributed by atoms with Gasteiger partial charge in [-0.15, -0.1) is 11.3 Å². The molecule has 120 valence electrons. The lowest BCUT2D eigenvalue weighted by molar-refractivity contribution is 0.557. The van der Waals surface area contributed by atoms with Gasteiger partial charge in [0.2, 0.25) is 10.0 Å². The first kappa shape index (κ1) is 17.3. The molecule has 0 aromatic carbocycles. The minimum absolute atomic E-state index is 0.0735. The van der Waals surface area contributed by atoms with Crippen LogP contribution in [0.1, 0.15) is 38.7 Å². The van der Waals surface area contributed by atoms with E-state index in [1.165, 1.54) is 11.3 Å². The maximum Gasteiger partial charge on any atom is 0.250 e. The normalized spacial score (nSPS) is 23.0. The summed E-state index contributed by atoms with van der Waals surface area (Å²) in [5.74, 6) is 0. The molecule has 1 saturated carbocycles. The minimum Gasteiger partial charge on any atom is -0.310 e. The zero-order valence-corrected chi connectivity index (χ0v) is 15.2. The average Bonchev–Trinajstić information content (AvgIpc) is 3.04. The molecule has 7 heteroatoms. The summed E-state index contributed by atoms with van der Waals surface area (Å²) in [7, 11) is -3.38. The van der Waals surface area contributed by atoms with Crippen molar-refractivity contribution in [1.29, 1.82) is 0 Å². The van der Waals surface area contributed by atoms with Crippen LogP contribution >= 0.6 is 23.1 Å². The molecule has 0 spiro atoms. The van der Waals surface area contributed by atoms with Crippen LogP contribution in [-0.2, 0) is 16.6 Å². The van der Waals surface area contributed by atoms with Crippen molar-refractivity contribution in [2.75, 3.05) is 6.26 Å². The molecule has 1 aromatic heterocycles. The Morgan fingerprint density at radius 2 is 2.19 bits per heavy atom. The van der Waals surface area contributed by atoms with Crippen LogP contribution in [0, 0.1) is 0 Å². The molecule has 0 radical (unpaired) electrons. The first-order valence-corrected chi connectivity index (χ1v) is 10.9. The molecule has 0 bridgehead atoms. The van der Waals surface area contributed by atoms with Gasteiger partial charge in [0.15, 0.2) is 0 Å². The highest BCUT2D eigenvalue weighted by Gasteiger charge is 2.31. The van der Waals surface area contributed by atoms with E-state index in [0.717, 1.165) is 24.8 Å². The lowest BCUT2D eigenvalue weighted by atomic mass is 10.3. The van der Waals surface area contributed by atoms with Gasteiger partial charge in [-0.2, -0.15) is 11.8 Å². The molecule has 2 unspecified atom stereocenters. The van der Waals surface area contributed by atoms with E-state index < -0.39 is 10.0 Å². The van der Waals surface area contributed by atoms with Gasteiger partial charge in [0.1, 0.15) is 4.21 Å². The van der Waals surface area contributed by atoms with E-state index >= 15 is 0 Å².